The van der Waals surface area contributed by atoms with Crippen molar-refractivity contribution in [3.63, 3.8) is 0 Å². The van der Waals surface area contributed by atoms with Gasteiger partial charge in [-0.2, -0.15) is 0 Å². The van der Waals surface area contributed by atoms with Crippen molar-refractivity contribution >= 4 is 17.2 Å². The molecule has 4 nitrogen and oxygen atoms in total. The highest BCUT2D eigenvalue weighted by Crippen LogP contribution is 2.24. The smallest absolute Gasteiger partial charge is 0.219 e. The molecule has 0 aliphatic carbocycles. The van der Waals surface area contributed by atoms with Crippen molar-refractivity contribution < 1.29 is 9.84 Å². The molecule has 0 aliphatic rings. The van der Waals surface area contributed by atoms with Crippen LogP contribution in [0.4, 0.5) is 0 Å². The molecule has 3 N–H and O–H groups in total. The fourth-order valence-corrected chi connectivity index (χ4v) is 1.75. The molecule has 0 spiro atoms. The molecule has 0 fully saturated rings. The molecule has 0 atom stereocenters. The second-order valence-corrected chi connectivity index (χ2v) is 4.37. The van der Waals surface area contributed by atoms with Crippen LogP contribution in [-0.2, 0) is 6.42 Å². The van der Waals surface area contributed by atoms with Crippen molar-refractivity contribution in [2.24, 2.45) is 5.73 Å². The number of aliphatic hydroxyl groups is 1. The number of aliphatic hydroxyl groups excluding tert-OH is 1. The number of benzene rings is 1. The van der Waals surface area contributed by atoms with Crippen molar-refractivity contribution in [3.05, 3.63) is 53.7 Å². The monoisotopic (exact) mass is 274 g/mol. The van der Waals surface area contributed by atoms with Crippen LogP contribution in [0.15, 0.2) is 42.6 Å². The lowest BCUT2D eigenvalue weighted by atomic mass is 10.1. The number of nitrogens with two attached hydrogens (primary N) is 1. The minimum absolute atomic E-state index is 0.0776. The predicted octanol–water partition coefficient (Wildman–Crippen LogP) is 2.04. The van der Waals surface area contributed by atoms with Gasteiger partial charge < -0.3 is 15.6 Å². The first-order valence-corrected chi connectivity index (χ1v) is 6.24. The molecule has 1 aromatic carbocycles. The number of hydrogen-bond donors (Lipinski definition) is 2. The van der Waals surface area contributed by atoms with E-state index in [1.807, 2.05) is 24.3 Å². The summed E-state index contributed by atoms with van der Waals surface area (Å²) in [7, 11) is 0. The molecule has 2 aromatic rings. The summed E-state index contributed by atoms with van der Waals surface area (Å²) < 4.78 is 5.69. The van der Waals surface area contributed by atoms with E-state index in [0.717, 1.165) is 5.56 Å². The van der Waals surface area contributed by atoms with Gasteiger partial charge >= 0.3 is 0 Å². The summed E-state index contributed by atoms with van der Waals surface area (Å²) in [6.07, 6.45) is 2.12. The van der Waals surface area contributed by atoms with Gasteiger partial charge in [-0.3, -0.25) is 0 Å². The summed E-state index contributed by atoms with van der Waals surface area (Å²) >= 11 is 4.86. The minimum Gasteiger partial charge on any atom is -0.439 e. The van der Waals surface area contributed by atoms with Gasteiger partial charge in [0.05, 0.1) is 0 Å². The van der Waals surface area contributed by atoms with Gasteiger partial charge in [0.25, 0.3) is 0 Å². The van der Waals surface area contributed by atoms with E-state index >= 15 is 0 Å². The van der Waals surface area contributed by atoms with Crippen LogP contribution in [0.3, 0.4) is 0 Å². The molecule has 19 heavy (non-hydrogen) atoms. The Morgan fingerprint density at radius 3 is 2.68 bits per heavy atom. The topological polar surface area (TPSA) is 68.4 Å². The highest BCUT2D eigenvalue weighted by atomic mass is 32.1. The highest BCUT2D eigenvalue weighted by molar-refractivity contribution is 7.80. The van der Waals surface area contributed by atoms with Crippen LogP contribution in [0.2, 0.25) is 0 Å². The minimum atomic E-state index is 0.0776. The summed E-state index contributed by atoms with van der Waals surface area (Å²) in [6.45, 7) is 0.0776. The summed E-state index contributed by atoms with van der Waals surface area (Å²) in [5.41, 5.74) is 7.14. The molecule has 98 valence electrons. The number of pyridine rings is 1. The first-order chi connectivity index (χ1) is 9.20. The number of ether oxygens (including phenoxy) is 1. The molecule has 2 rings (SSSR count). The maximum atomic E-state index is 9.01. The maximum Gasteiger partial charge on any atom is 0.219 e. The SMILES string of the molecule is NC(=S)c1ccc(Oc2ccccc2CCO)nc1. The van der Waals surface area contributed by atoms with Gasteiger partial charge in [-0.25, -0.2) is 4.98 Å². The van der Waals surface area contributed by atoms with Gasteiger partial charge in [-0.15, -0.1) is 0 Å². The Balaban J connectivity index is 2.19. The second-order valence-electron chi connectivity index (χ2n) is 3.93. The quantitative estimate of drug-likeness (QED) is 0.817. The summed E-state index contributed by atoms with van der Waals surface area (Å²) in [4.78, 5) is 4.45. The molecular formula is C14H14N2O2S. The van der Waals surface area contributed by atoms with E-state index in [-0.39, 0.29) is 6.61 Å². The molecular weight excluding hydrogens is 260 g/mol. The summed E-state index contributed by atoms with van der Waals surface area (Å²) in [5, 5.41) is 9.01. The average Bonchev–Trinajstić information content (AvgIpc) is 2.42. The fourth-order valence-electron chi connectivity index (χ4n) is 1.63. The first-order valence-electron chi connectivity index (χ1n) is 5.83. The Labute approximate surface area is 116 Å². The fraction of sp³-hybridized carbons (Fsp3) is 0.143. The van der Waals surface area contributed by atoms with E-state index in [0.29, 0.717) is 28.6 Å². The number of hydrogen-bond acceptors (Lipinski definition) is 4. The van der Waals surface area contributed by atoms with E-state index in [4.69, 9.17) is 27.8 Å². The van der Waals surface area contributed by atoms with Crippen LogP contribution in [-0.4, -0.2) is 21.7 Å². The standard InChI is InChI=1S/C14H14N2O2S/c15-14(19)11-5-6-13(16-9-11)18-12-4-2-1-3-10(12)7-8-17/h1-6,9,17H,7-8H2,(H2,15,19). The number of nitrogens with zero attached hydrogens (tertiary/aromatic N) is 1. The average molecular weight is 274 g/mol. The van der Waals surface area contributed by atoms with Crippen LogP contribution in [0, 0.1) is 0 Å². The van der Waals surface area contributed by atoms with Gasteiger partial charge in [0.2, 0.25) is 5.88 Å². The Morgan fingerprint density at radius 2 is 2.05 bits per heavy atom. The Morgan fingerprint density at radius 1 is 1.26 bits per heavy atom. The third-order valence-electron chi connectivity index (χ3n) is 2.59. The number of aromatic nitrogens is 1. The van der Waals surface area contributed by atoms with Crippen LogP contribution in [0.5, 0.6) is 11.6 Å². The molecule has 0 radical (unpaired) electrons. The van der Waals surface area contributed by atoms with Gasteiger partial charge in [-0.1, -0.05) is 30.4 Å². The Bertz CT molecular complexity index is 570. The number of rotatable bonds is 5. The van der Waals surface area contributed by atoms with Crippen molar-refractivity contribution in [1.29, 1.82) is 0 Å². The van der Waals surface area contributed by atoms with Gasteiger partial charge in [0, 0.05) is 24.4 Å². The summed E-state index contributed by atoms with van der Waals surface area (Å²) in [5.74, 6) is 1.15. The molecule has 0 saturated heterocycles. The van der Waals surface area contributed by atoms with Crippen molar-refractivity contribution in [2.45, 2.75) is 6.42 Å². The van der Waals surface area contributed by atoms with Gasteiger partial charge in [-0.05, 0) is 24.1 Å². The Kier molecular flexibility index (Phi) is 4.43. The zero-order valence-electron chi connectivity index (χ0n) is 10.2. The van der Waals surface area contributed by atoms with Crippen molar-refractivity contribution in [1.82, 2.24) is 4.98 Å². The third-order valence-corrected chi connectivity index (χ3v) is 2.82. The molecule has 0 saturated carbocycles. The van der Waals surface area contributed by atoms with E-state index in [2.05, 4.69) is 4.98 Å². The normalized spacial score (nSPS) is 10.2. The van der Waals surface area contributed by atoms with E-state index < -0.39 is 0 Å². The zero-order valence-corrected chi connectivity index (χ0v) is 11.1. The van der Waals surface area contributed by atoms with Crippen LogP contribution < -0.4 is 10.5 Å². The van der Waals surface area contributed by atoms with Gasteiger partial charge in [0.15, 0.2) is 0 Å². The van der Waals surface area contributed by atoms with Crippen LogP contribution in [0.1, 0.15) is 11.1 Å². The second kappa shape index (κ2) is 6.26. The lowest BCUT2D eigenvalue weighted by Crippen LogP contribution is -2.09. The third kappa shape index (κ3) is 3.49. The molecule has 0 amide bonds. The number of thiocarbonyl (C=S) groups is 1. The Hall–Kier alpha value is -1.98. The molecule has 5 heteroatoms. The molecule has 1 aromatic heterocycles. The largest absolute Gasteiger partial charge is 0.439 e. The maximum absolute atomic E-state index is 9.01. The van der Waals surface area contributed by atoms with E-state index in [1.165, 1.54) is 0 Å². The van der Waals surface area contributed by atoms with Gasteiger partial charge in [0.1, 0.15) is 10.7 Å². The van der Waals surface area contributed by atoms with Crippen molar-refractivity contribution in [2.75, 3.05) is 6.61 Å². The molecule has 0 bridgehead atoms. The van der Waals surface area contributed by atoms with E-state index in [9.17, 15) is 0 Å². The van der Waals surface area contributed by atoms with Crippen LogP contribution >= 0.6 is 12.2 Å². The van der Waals surface area contributed by atoms with Crippen LogP contribution in [0.25, 0.3) is 0 Å². The lowest BCUT2D eigenvalue weighted by molar-refractivity contribution is 0.297. The predicted molar refractivity (Wildman–Crippen MR) is 77.4 cm³/mol. The van der Waals surface area contributed by atoms with Crippen molar-refractivity contribution in [3.8, 4) is 11.6 Å². The molecule has 0 unspecified atom stereocenters. The zero-order chi connectivity index (χ0) is 13.7. The molecule has 1 heterocycles. The first kappa shape index (κ1) is 13.5. The van der Waals surface area contributed by atoms with E-state index in [1.54, 1.807) is 18.3 Å². The number of para-hydroxylation sites is 1. The highest BCUT2D eigenvalue weighted by Gasteiger charge is 2.05. The lowest BCUT2D eigenvalue weighted by Gasteiger charge is -2.09. The summed E-state index contributed by atoms with van der Waals surface area (Å²) in [6, 6.07) is 11.0. The molecule has 0 aliphatic heterocycles.